The zero-order valence-corrected chi connectivity index (χ0v) is 11.3. The highest BCUT2D eigenvalue weighted by Crippen LogP contribution is 2.36. The molecule has 10 heteroatoms. The van der Waals surface area contributed by atoms with Gasteiger partial charge in [-0.25, -0.2) is 14.6 Å². The van der Waals surface area contributed by atoms with E-state index >= 15 is 0 Å². The van der Waals surface area contributed by atoms with Gasteiger partial charge in [-0.1, -0.05) is 11.3 Å². The fourth-order valence-corrected chi connectivity index (χ4v) is 2.37. The molecule has 1 aromatic heterocycles. The zero-order chi connectivity index (χ0) is 16.5. The minimum atomic E-state index is -4.88. The number of anilines is 2. The SMILES string of the molecule is O=C(O)c1ccc(Nc2nc(C(F)(F)F)c(C(=O)O)s2)cc1. The summed E-state index contributed by atoms with van der Waals surface area (Å²) in [7, 11) is 0. The molecule has 0 aliphatic carbocycles. The van der Waals surface area contributed by atoms with Crippen molar-refractivity contribution in [2.75, 3.05) is 5.32 Å². The van der Waals surface area contributed by atoms with E-state index in [1.165, 1.54) is 24.3 Å². The van der Waals surface area contributed by atoms with Gasteiger partial charge in [-0.05, 0) is 24.3 Å². The molecule has 0 fully saturated rings. The van der Waals surface area contributed by atoms with Crippen molar-refractivity contribution in [1.29, 1.82) is 0 Å². The van der Waals surface area contributed by atoms with Gasteiger partial charge in [0.15, 0.2) is 10.8 Å². The number of rotatable bonds is 4. The van der Waals surface area contributed by atoms with Gasteiger partial charge >= 0.3 is 18.1 Å². The van der Waals surface area contributed by atoms with E-state index in [1.54, 1.807) is 0 Å². The summed E-state index contributed by atoms with van der Waals surface area (Å²) >= 11 is 0.342. The molecular weight excluding hydrogens is 325 g/mol. The molecule has 0 spiro atoms. The maximum absolute atomic E-state index is 12.7. The van der Waals surface area contributed by atoms with Gasteiger partial charge in [-0.15, -0.1) is 0 Å². The first kappa shape index (κ1) is 15.8. The Hall–Kier alpha value is -2.62. The van der Waals surface area contributed by atoms with Gasteiger partial charge in [0.1, 0.15) is 4.88 Å². The molecule has 0 radical (unpaired) electrons. The number of hydrogen-bond donors (Lipinski definition) is 3. The van der Waals surface area contributed by atoms with Crippen LogP contribution in [0.3, 0.4) is 0 Å². The number of aromatic nitrogens is 1. The number of alkyl halides is 3. The first-order valence-corrected chi connectivity index (χ1v) is 6.42. The number of hydrogen-bond acceptors (Lipinski definition) is 5. The van der Waals surface area contributed by atoms with Crippen molar-refractivity contribution in [2.45, 2.75) is 6.18 Å². The van der Waals surface area contributed by atoms with Gasteiger partial charge in [-0.2, -0.15) is 13.2 Å². The Morgan fingerprint density at radius 3 is 2.09 bits per heavy atom. The van der Waals surface area contributed by atoms with Crippen molar-refractivity contribution < 1.29 is 33.0 Å². The predicted octanol–water partition coefficient (Wildman–Crippen LogP) is 3.30. The lowest BCUT2D eigenvalue weighted by Gasteiger charge is -2.03. The lowest BCUT2D eigenvalue weighted by molar-refractivity contribution is -0.141. The second kappa shape index (κ2) is 5.64. The summed E-state index contributed by atoms with van der Waals surface area (Å²) in [6, 6.07) is 5.17. The second-order valence-electron chi connectivity index (χ2n) is 4.01. The normalized spacial score (nSPS) is 11.2. The lowest BCUT2D eigenvalue weighted by Crippen LogP contribution is -2.11. The molecule has 0 saturated carbocycles. The van der Waals surface area contributed by atoms with Crippen LogP contribution in [-0.2, 0) is 6.18 Å². The van der Waals surface area contributed by atoms with Crippen LogP contribution >= 0.6 is 11.3 Å². The molecule has 0 atom stereocenters. The number of nitrogens with one attached hydrogen (secondary N) is 1. The van der Waals surface area contributed by atoms with E-state index in [-0.39, 0.29) is 16.4 Å². The number of aromatic carboxylic acids is 2. The van der Waals surface area contributed by atoms with Crippen LogP contribution in [0, 0.1) is 0 Å². The highest BCUT2D eigenvalue weighted by Gasteiger charge is 2.39. The van der Waals surface area contributed by atoms with Crippen molar-refractivity contribution in [2.24, 2.45) is 0 Å². The summed E-state index contributed by atoms with van der Waals surface area (Å²) in [5, 5.41) is 19.8. The molecule has 0 unspecified atom stereocenters. The minimum absolute atomic E-state index is 0.00638. The third kappa shape index (κ3) is 3.34. The summed E-state index contributed by atoms with van der Waals surface area (Å²) in [6.07, 6.45) is -4.88. The molecule has 1 heterocycles. The van der Waals surface area contributed by atoms with E-state index in [0.717, 1.165) is 0 Å². The number of thiazole rings is 1. The zero-order valence-electron chi connectivity index (χ0n) is 10.5. The van der Waals surface area contributed by atoms with Gasteiger partial charge in [-0.3, -0.25) is 0 Å². The molecule has 0 saturated heterocycles. The predicted molar refractivity (Wildman–Crippen MR) is 70.8 cm³/mol. The van der Waals surface area contributed by atoms with E-state index < -0.39 is 28.7 Å². The lowest BCUT2D eigenvalue weighted by atomic mass is 10.2. The number of nitrogens with zero attached hydrogens (tertiary/aromatic N) is 1. The average molecular weight is 332 g/mol. The Bertz CT molecular complexity index is 725. The van der Waals surface area contributed by atoms with E-state index in [4.69, 9.17) is 10.2 Å². The summed E-state index contributed by atoms with van der Waals surface area (Å²) in [5.41, 5.74) is -1.19. The number of benzene rings is 1. The van der Waals surface area contributed by atoms with Crippen LogP contribution in [0.4, 0.5) is 24.0 Å². The monoisotopic (exact) mass is 332 g/mol. The highest BCUT2D eigenvalue weighted by atomic mass is 32.1. The molecule has 3 N–H and O–H groups in total. The molecule has 0 bridgehead atoms. The Balaban J connectivity index is 2.30. The summed E-state index contributed by atoms with van der Waals surface area (Å²) in [5.74, 6) is -2.87. The first-order chi connectivity index (χ1) is 10.2. The van der Waals surface area contributed by atoms with Crippen LogP contribution in [0.1, 0.15) is 25.7 Å². The Morgan fingerprint density at radius 2 is 1.68 bits per heavy atom. The number of carbonyl (C=O) groups is 2. The van der Waals surface area contributed by atoms with Gasteiger partial charge in [0.25, 0.3) is 0 Å². The van der Waals surface area contributed by atoms with Gasteiger partial charge in [0.2, 0.25) is 0 Å². The minimum Gasteiger partial charge on any atom is -0.478 e. The van der Waals surface area contributed by atoms with Crippen LogP contribution in [0.15, 0.2) is 24.3 Å². The third-order valence-electron chi connectivity index (χ3n) is 2.47. The van der Waals surface area contributed by atoms with E-state index in [2.05, 4.69) is 10.3 Å². The number of halogens is 3. The van der Waals surface area contributed by atoms with Crippen LogP contribution in [0.5, 0.6) is 0 Å². The molecule has 0 aliphatic heterocycles. The molecule has 6 nitrogen and oxygen atoms in total. The summed E-state index contributed by atoms with van der Waals surface area (Å²) in [6.45, 7) is 0. The smallest absolute Gasteiger partial charge is 0.435 e. The Kier molecular flexibility index (Phi) is 4.04. The first-order valence-electron chi connectivity index (χ1n) is 5.60. The van der Waals surface area contributed by atoms with Crippen LogP contribution in [0.2, 0.25) is 0 Å². The van der Waals surface area contributed by atoms with E-state index in [9.17, 15) is 22.8 Å². The molecule has 1 aromatic carbocycles. The van der Waals surface area contributed by atoms with Crippen molar-refractivity contribution in [3.8, 4) is 0 Å². The fraction of sp³-hybridized carbons (Fsp3) is 0.0833. The van der Waals surface area contributed by atoms with E-state index in [0.29, 0.717) is 11.3 Å². The largest absolute Gasteiger partial charge is 0.478 e. The maximum atomic E-state index is 12.7. The topological polar surface area (TPSA) is 99.5 Å². The maximum Gasteiger partial charge on any atom is 0.435 e. The molecule has 0 aliphatic rings. The van der Waals surface area contributed by atoms with Crippen LogP contribution in [-0.4, -0.2) is 27.1 Å². The Morgan fingerprint density at radius 1 is 1.09 bits per heavy atom. The molecule has 0 amide bonds. The molecule has 22 heavy (non-hydrogen) atoms. The van der Waals surface area contributed by atoms with Crippen molar-refractivity contribution >= 4 is 34.1 Å². The molecule has 2 aromatic rings. The number of carboxylic acid groups (broad SMARTS) is 2. The average Bonchev–Trinajstić information content (AvgIpc) is 2.83. The molecule has 116 valence electrons. The van der Waals surface area contributed by atoms with Gasteiger partial charge in [0.05, 0.1) is 5.56 Å². The van der Waals surface area contributed by atoms with Crippen LogP contribution < -0.4 is 5.32 Å². The highest BCUT2D eigenvalue weighted by molar-refractivity contribution is 7.17. The van der Waals surface area contributed by atoms with Crippen LogP contribution in [0.25, 0.3) is 0 Å². The quantitative estimate of drug-likeness (QED) is 0.794. The molecule has 2 rings (SSSR count). The van der Waals surface area contributed by atoms with E-state index in [1.807, 2.05) is 0 Å². The summed E-state index contributed by atoms with van der Waals surface area (Å²) < 4.78 is 38.1. The van der Waals surface area contributed by atoms with Crippen molar-refractivity contribution in [3.05, 3.63) is 40.4 Å². The van der Waals surface area contributed by atoms with Crippen molar-refractivity contribution in [1.82, 2.24) is 4.98 Å². The number of carboxylic acids is 2. The van der Waals surface area contributed by atoms with Gasteiger partial charge in [0, 0.05) is 5.69 Å². The Labute approximate surface area is 124 Å². The fourth-order valence-electron chi connectivity index (χ4n) is 1.53. The standard InChI is InChI=1S/C12H7F3N2O4S/c13-12(14,15)8-7(10(20)21)22-11(17-8)16-6-3-1-5(2-4-6)9(18)19/h1-4H,(H,16,17)(H,18,19)(H,20,21). The third-order valence-corrected chi connectivity index (χ3v) is 3.43. The second-order valence-corrected chi connectivity index (χ2v) is 5.01. The van der Waals surface area contributed by atoms with Gasteiger partial charge < -0.3 is 15.5 Å². The van der Waals surface area contributed by atoms with Crippen molar-refractivity contribution in [3.63, 3.8) is 0 Å². The molecular formula is C12H7F3N2O4S. The summed E-state index contributed by atoms with van der Waals surface area (Å²) in [4.78, 5) is 23.8.